The molecule has 1 amide bonds. The topological polar surface area (TPSA) is 60.1 Å². The predicted molar refractivity (Wildman–Crippen MR) is 107 cm³/mol. The highest BCUT2D eigenvalue weighted by Crippen LogP contribution is 2.32. The summed E-state index contributed by atoms with van der Waals surface area (Å²) in [4.78, 5) is 12.6. The largest absolute Gasteiger partial charge is 0.469 e. The van der Waals surface area contributed by atoms with Gasteiger partial charge in [-0.2, -0.15) is 18.3 Å². The lowest BCUT2D eigenvalue weighted by molar-refractivity contribution is -0.137. The summed E-state index contributed by atoms with van der Waals surface area (Å²) in [6, 6.07) is 11.6. The van der Waals surface area contributed by atoms with Crippen molar-refractivity contribution in [2.75, 3.05) is 5.32 Å². The zero-order valence-electron chi connectivity index (χ0n) is 15.6. The highest BCUT2D eigenvalue weighted by molar-refractivity contribution is 6.36. The smallest absolute Gasteiger partial charge is 0.416 e. The Morgan fingerprint density at radius 1 is 1.17 bits per heavy atom. The molecule has 0 saturated carbocycles. The van der Waals surface area contributed by atoms with Gasteiger partial charge in [0.25, 0.3) is 5.91 Å². The van der Waals surface area contributed by atoms with Crippen LogP contribution in [0.1, 0.15) is 27.2 Å². The molecule has 2 heterocycles. The maximum Gasteiger partial charge on any atom is 0.416 e. The van der Waals surface area contributed by atoms with Gasteiger partial charge >= 0.3 is 6.18 Å². The first-order valence-electron chi connectivity index (χ1n) is 8.90. The lowest BCUT2D eigenvalue weighted by atomic mass is 10.1. The summed E-state index contributed by atoms with van der Waals surface area (Å²) in [7, 11) is 0. The third-order valence-corrected chi connectivity index (χ3v) is 4.99. The first kappa shape index (κ1) is 20.0. The first-order valence-corrected chi connectivity index (χ1v) is 9.28. The van der Waals surface area contributed by atoms with Crippen molar-refractivity contribution < 1.29 is 22.4 Å². The standard InChI is InChI=1S/C21H15ClF3N3O2/c1-12-15(9-10-30-12)20(29)26-19-18-16(22)3-2-4-17(18)28(27-19)11-13-5-7-14(8-6-13)21(23,24)25/h2-10H,11H2,1H3,(H,26,27,29). The Morgan fingerprint density at radius 2 is 1.90 bits per heavy atom. The fourth-order valence-electron chi connectivity index (χ4n) is 3.16. The van der Waals surface area contributed by atoms with E-state index in [0.717, 1.165) is 12.1 Å². The Kier molecular flexibility index (Phi) is 5.03. The zero-order chi connectivity index (χ0) is 21.5. The summed E-state index contributed by atoms with van der Waals surface area (Å²) in [5.41, 5.74) is 0.910. The number of alkyl halides is 3. The van der Waals surface area contributed by atoms with Crippen LogP contribution in [-0.4, -0.2) is 15.7 Å². The molecule has 2 aromatic heterocycles. The summed E-state index contributed by atoms with van der Waals surface area (Å²) in [6.45, 7) is 1.87. The van der Waals surface area contributed by atoms with Crippen LogP contribution in [0.15, 0.2) is 59.2 Å². The Bertz CT molecular complexity index is 1230. The molecule has 0 unspecified atom stereocenters. The van der Waals surface area contributed by atoms with Gasteiger partial charge in [-0.25, -0.2) is 0 Å². The molecule has 0 radical (unpaired) electrons. The minimum atomic E-state index is -4.40. The van der Waals surface area contributed by atoms with E-state index in [0.29, 0.717) is 32.8 Å². The van der Waals surface area contributed by atoms with Crippen molar-refractivity contribution in [3.05, 3.63) is 82.3 Å². The number of anilines is 1. The van der Waals surface area contributed by atoms with Crippen molar-refractivity contribution in [1.29, 1.82) is 0 Å². The Balaban J connectivity index is 1.68. The average Bonchev–Trinajstić information content (AvgIpc) is 3.26. The number of fused-ring (bicyclic) bond motifs is 1. The minimum absolute atomic E-state index is 0.204. The molecule has 30 heavy (non-hydrogen) atoms. The molecule has 0 atom stereocenters. The number of carbonyl (C=O) groups is 1. The van der Waals surface area contributed by atoms with Gasteiger partial charge in [0, 0.05) is 0 Å². The van der Waals surface area contributed by atoms with Crippen molar-refractivity contribution in [3.8, 4) is 0 Å². The Labute approximate surface area is 174 Å². The van der Waals surface area contributed by atoms with Crippen LogP contribution in [0.3, 0.4) is 0 Å². The van der Waals surface area contributed by atoms with Crippen molar-refractivity contribution in [2.24, 2.45) is 0 Å². The van der Waals surface area contributed by atoms with Gasteiger partial charge in [-0.1, -0.05) is 29.8 Å². The molecule has 0 fully saturated rings. The molecule has 0 bridgehead atoms. The minimum Gasteiger partial charge on any atom is -0.469 e. The van der Waals surface area contributed by atoms with Crippen molar-refractivity contribution in [2.45, 2.75) is 19.6 Å². The monoisotopic (exact) mass is 433 g/mol. The van der Waals surface area contributed by atoms with Gasteiger partial charge in [0.1, 0.15) is 5.76 Å². The number of benzene rings is 2. The van der Waals surface area contributed by atoms with Crippen LogP contribution in [0.4, 0.5) is 19.0 Å². The van der Waals surface area contributed by atoms with Crippen LogP contribution in [0.5, 0.6) is 0 Å². The summed E-state index contributed by atoms with van der Waals surface area (Å²) in [6.07, 6.45) is -2.98. The van der Waals surface area contributed by atoms with Crippen LogP contribution in [-0.2, 0) is 12.7 Å². The molecule has 154 valence electrons. The molecule has 0 saturated heterocycles. The number of nitrogens with zero attached hydrogens (tertiary/aromatic N) is 2. The molecule has 0 aliphatic heterocycles. The maximum atomic E-state index is 12.8. The third kappa shape index (κ3) is 3.78. The molecule has 2 aromatic carbocycles. The van der Waals surface area contributed by atoms with Crippen molar-refractivity contribution in [3.63, 3.8) is 0 Å². The van der Waals surface area contributed by atoms with Crippen molar-refractivity contribution in [1.82, 2.24) is 9.78 Å². The number of hydrogen-bond acceptors (Lipinski definition) is 3. The number of amides is 1. The van der Waals surface area contributed by atoms with E-state index < -0.39 is 17.6 Å². The summed E-state index contributed by atoms with van der Waals surface area (Å²) >= 11 is 6.34. The van der Waals surface area contributed by atoms with Gasteiger partial charge in [-0.15, -0.1) is 0 Å². The molecule has 4 aromatic rings. The highest BCUT2D eigenvalue weighted by Gasteiger charge is 2.30. The van der Waals surface area contributed by atoms with E-state index in [2.05, 4.69) is 10.4 Å². The summed E-state index contributed by atoms with van der Waals surface area (Å²) in [5, 5.41) is 8.12. The quantitative estimate of drug-likeness (QED) is 0.435. The number of aromatic nitrogens is 2. The molecule has 9 heteroatoms. The SMILES string of the molecule is Cc1occc1C(=O)Nc1nn(Cc2ccc(C(F)(F)F)cc2)c2cccc(Cl)c12. The summed E-state index contributed by atoms with van der Waals surface area (Å²) < 4.78 is 45.1. The fraction of sp³-hybridized carbons (Fsp3) is 0.143. The lowest BCUT2D eigenvalue weighted by Gasteiger charge is -2.08. The molecule has 0 spiro atoms. The average molecular weight is 434 g/mol. The van der Waals surface area contributed by atoms with E-state index in [1.165, 1.54) is 18.4 Å². The van der Waals surface area contributed by atoms with Gasteiger partial charge in [0.15, 0.2) is 5.82 Å². The molecule has 4 rings (SSSR count). The molecule has 5 nitrogen and oxygen atoms in total. The molecule has 0 aliphatic rings. The number of carbonyl (C=O) groups excluding carboxylic acids is 1. The van der Waals surface area contributed by atoms with E-state index in [1.807, 2.05) is 0 Å². The summed E-state index contributed by atoms with van der Waals surface area (Å²) in [5.74, 6) is 0.322. The zero-order valence-corrected chi connectivity index (χ0v) is 16.4. The lowest BCUT2D eigenvalue weighted by Crippen LogP contribution is -2.13. The van der Waals surface area contributed by atoms with Crippen LogP contribution in [0.25, 0.3) is 10.9 Å². The number of nitrogens with one attached hydrogen (secondary N) is 1. The molecular formula is C21H15ClF3N3O2. The number of halogens is 4. The number of hydrogen-bond donors (Lipinski definition) is 1. The highest BCUT2D eigenvalue weighted by atomic mass is 35.5. The normalized spacial score (nSPS) is 11.8. The van der Waals surface area contributed by atoms with Crippen LogP contribution < -0.4 is 5.32 Å². The fourth-order valence-corrected chi connectivity index (χ4v) is 3.42. The van der Waals surface area contributed by atoms with Crippen LogP contribution >= 0.6 is 11.6 Å². The maximum absolute atomic E-state index is 12.8. The second-order valence-corrected chi connectivity index (χ2v) is 7.09. The van der Waals surface area contributed by atoms with Crippen molar-refractivity contribution >= 4 is 34.2 Å². The van der Waals surface area contributed by atoms with E-state index in [1.54, 1.807) is 35.9 Å². The van der Waals surface area contributed by atoms with Gasteiger partial charge in [0.05, 0.1) is 39.9 Å². The number of furan rings is 1. The third-order valence-electron chi connectivity index (χ3n) is 4.68. The predicted octanol–water partition coefficient (Wildman–Crippen LogP) is 5.91. The van der Waals surface area contributed by atoms with E-state index in [4.69, 9.17) is 16.0 Å². The van der Waals surface area contributed by atoms with Gasteiger partial charge in [-0.3, -0.25) is 9.48 Å². The number of rotatable bonds is 4. The van der Waals surface area contributed by atoms with Gasteiger partial charge in [0.2, 0.25) is 0 Å². The number of aryl methyl sites for hydroxylation is 1. The first-order chi connectivity index (χ1) is 14.2. The van der Waals surface area contributed by atoms with Gasteiger partial charge < -0.3 is 9.73 Å². The van der Waals surface area contributed by atoms with E-state index >= 15 is 0 Å². The van der Waals surface area contributed by atoms with Gasteiger partial charge in [-0.05, 0) is 42.8 Å². The molecule has 1 N–H and O–H groups in total. The molecule has 0 aliphatic carbocycles. The van der Waals surface area contributed by atoms with E-state index in [9.17, 15) is 18.0 Å². The Morgan fingerprint density at radius 3 is 2.53 bits per heavy atom. The molecular weight excluding hydrogens is 419 g/mol. The van der Waals surface area contributed by atoms with Crippen LogP contribution in [0, 0.1) is 6.92 Å². The second kappa shape index (κ2) is 7.53. The second-order valence-electron chi connectivity index (χ2n) is 6.68. The van der Waals surface area contributed by atoms with E-state index in [-0.39, 0.29) is 12.4 Å². The Hall–Kier alpha value is -3.26. The van der Waals surface area contributed by atoms with Crippen LogP contribution in [0.2, 0.25) is 5.02 Å².